The standard InChI is InChI=1S/C25H17N3S/c1-16-8-7-13-22-23(16)19-14-17(15-26-25(19)29-22)24-27-20-11-5-6-12-21(20)28(24)18-9-3-2-4-10-18/h2-15H,1H3. The maximum Gasteiger partial charge on any atom is 0.147 e. The second kappa shape index (κ2) is 6.26. The van der Waals surface area contributed by atoms with Crippen molar-refractivity contribution in [3.63, 3.8) is 0 Å². The number of pyridine rings is 1. The van der Waals surface area contributed by atoms with Crippen LogP contribution in [0.5, 0.6) is 0 Å². The van der Waals surface area contributed by atoms with Crippen LogP contribution in [0.25, 0.3) is 48.4 Å². The van der Waals surface area contributed by atoms with E-state index in [2.05, 4.69) is 78.2 Å². The Balaban J connectivity index is 1.68. The number of nitrogens with zero attached hydrogens (tertiary/aromatic N) is 3. The number of para-hydroxylation sites is 3. The summed E-state index contributed by atoms with van der Waals surface area (Å²) in [6.07, 6.45) is 1.95. The van der Waals surface area contributed by atoms with Gasteiger partial charge in [0, 0.05) is 32.9 Å². The van der Waals surface area contributed by atoms with Gasteiger partial charge in [0.2, 0.25) is 0 Å². The predicted octanol–water partition coefficient (Wildman–Crippen LogP) is 6.76. The van der Waals surface area contributed by atoms with Crippen LogP contribution >= 0.6 is 11.3 Å². The number of fused-ring (bicyclic) bond motifs is 4. The van der Waals surface area contributed by atoms with Gasteiger partial charge in [0.15, 0.2) is 0 Å². The van der Waals surface area contributed by atoms with Crippen LogP contribution in [0.1, 0.15) is 5.56 Å². The first-order chi connectivity index (χ1) is 14.3. The molecule has 3 aromatic carbocycles. The van der Waals surface area contributed by atoms with Gasteiger partial charge in [-0.3, -0.25) is 4.57 Å². The van der Waals surface area contributed by atoms with Gasteiger partial charge in [0.05, 0.1) is 11.0 Å². The van der Waals surface area contributed by atoms with E-state index in [1.165, 1.54) is 21.0 Å². The quantitative estimate of drug-likeness (QED) is 0.326. The van der Waals surface area contributed by atoms with Crippen LogP contribution in [-0.4, -0.2) is 14.5 Å². The zero-order chi connectivity index (χ0) is 19.4. The van der Waals surface area contributed by atoms with Crippen molar-refractivity contribution in [1.82, 2.24) is 14.5 Å². The van der Waals surface area contributed by atoms with Crippen LogP contribution in [0.4, 0.5) is 0 Å². The van der Waals surface area contributed by atoms with Crippen molar-refractivity contribution in [3.8, 4) is 17.1 Å². The molecule has 3 nitrogen and oxygen atoms in total. The van der Waals surface area contributed by atoms with Crippen molar-refractivity contribution >= 4 is 42.7 Å². The van der Waals surface area contributed by atoms with Gasteiger partial charge in [0.1, 0.15) is 10.7 Å². The van der Waals surface area contributed by atoms with Crippen molar-refractivity contribution in [2.45, 2.75) is 6.92 Å². The second-order valence-corrected chi connectivity index (χ2v) is 8.25. The number of aromatic nitrogens is 3. The fraction of sp³-hybridized carbons (Fsp3) is 0.0400. The molecule has 0 spiro atoms. The molecule has 0 unspecified atom stereocenters. The minimum absolute atomic E-state index is 0.916. The summed E-state index contributed by atoms with van der Waals surface area (Å²) in [6, 6.07) is 27.4. The molecule has 0 aliphatic rings. The molecule has 0 N–H and O–H groups in total. The van der Waals surface area contributed by atoms with Crippen LogP contribution in [0.15, 0.2) is 85.1 Å². The summed E-state index contributed by atoms with van der Waals surface area (Å²) in [5, 5.41) is 2.50. The lowest BCUT2D eigenvalue weighted by atomic mass is 10.1. The Morgan fingerprint density at radius 3 is 2.59 bits per heavy atom. The first-order valence-corrected chi connectivity index (χ1v) is 10.4. The zero-order valence-corrected chi connectivity index (χ0v) is 16.6. The number of hydrogen-bond acceptors (Lipinski definition) is 3. The van der Waals surface area contributed by atoms with Gasteiger partial charge in [-0.05, 0) is 48.9 Å². The van der Waals surface area contributed by atoms with Gasteiger partial charge in [0.25, 0.3) is 0 Å². The van der Waals surface area contributed by atoms with Crippen molar-refractivity contribution in [3.05, 3.63) is 90.6 Å². The normalized spacial score (nSPS) is 11.6. The Morgan fingerprint density at radius 1 is 0.862 bits per heavy atom. The molecule has 0 saturated heterocycles. The highest BCUT2D eigenvalue weighted by molar-refractivity contribution is 7.25. The largest absolute Gasteiger partial charge is 0.292 e. The molecule has 0 amide bonds. The Morgan fingerprint density at radius 2 is 1.69 bits per heavy atom. The lowest BCUT2D eigenvalue weighted by Crippen LogP contribution is -1.97. The molecular formula is C25H17N3S. The van der Waals surface area contributed by atoms with Crippen LogP contribution in [0, 0.1) is 6.92 Å². The average molecular weight is 391 g/mol. The van der Waals surface area contributed by atoms with Crippen LogP contribution in [0.3, 0.4) is 0 Å². The maximum atomic E-state index is 4.98. The van der Waals surface area contributed by atoms with Crippen LogP contribution < -0.4 is 0 Å². The van der Waals surface area contributed by atoms with Gasteiger partial charge in [-0.25, -0.2) is 9.97 Å². The average Bonchev–Trinajstić information content (AvgIpc) is 3.33. The third-order valence-corrected chi connectivity index (χ3v) is 6.47. The van der Waals surface area contributed by atoms with Gasteiger partial charge < -0.3 is 0 Å². The van der Waals surface area contributed by atoms with Gasteiger partial charge in [-0.15, -0.1) is 11.3 Å². The molecule has 138 valence electrons. The summed E-state index contributed by atoms with van der Waals surface area (Å²) >= 11 is 1.75. The highest BCUT2D eigenvalue weighted by atomic mass is 32.1. The molecule has 6 rings (SSSR count). The molecule has 0 bridgehead atoms. The maximum absolute atomic E-state index is 4.98. The lowest BCUT2D eigenvalue weighted by Gasteiger charge is -2.09. The summed E-state index contributed by atoms with van der Waals surface area (Å²) in [7, 11) is 0. The lowest BCUT2D eigenvalue weighted by molar-refractivity contribution is 1.10. The molecule has 0 radical (unpaired) electrons. The van der Waals surface area contributed by atoms with Crippen molar-refractivity contribution in [2.24, 2.45) is 0 Å². The predicted molar refractivity (Wildman–Crippen MR) is 122 cm³/mol. The zero-order valence-electron chi connectivity index (χ0n) is 15.8. The number of hydrogen-bond donors (Lipinski definition) is 0. The first-order valence-electron chi connectivity index (χ1n) is 9.61. The topological polar surface area (TPSA) is 30.7 Å². The third kappa shape index (κ3) is 2.50. The van der Waals surface area contributed by atoms with E-state index >= 15 is 0 Å². The number of rotatable bonds is 2. The van der Waals surface area contributed by atoms with E-state index in [4.69, 9.17) is 9.97 Å². The number of thiophene rings is 1. The first kappa shape index (κ1) is 16.5. The van der Waals surface area contributed by atoms with Crippen LogP contribution in [0.2, 0.25) is 0 Å². The van der Waals surface area contributed by atoms with E-state index in [-0.39, 0.29) is 0 Å². The van der Waals surface area contributed by atoms with E-state index in [9.17, 15) is 0 Å². The molecule has 0 saturated carbocycles. The highest BCUT2D eigenvalue weighted by Gasteiger charge is 2.16. The van der Waals surface area contributed by atoms with Crippen LogP contribution in [-0.2, 0) is 0 Å². The number of aryl methyl sites for hydroxylation is 1. The summed E-state index contributed by atoms with van der Waals surface area (Å²) in [4.78, 5) is 10.9. The summed E-state index contributed by atoms with van der Waals surface area (Å²) in [6.45, 7) is 2.17. The molecule has 0 atom stereocenters. The van der Waals surface area contributed by atoms with Gasteiger partial charge in [-0.1, -0.05) is 42.5 Å². The smallest absolute Gasteiger partial charge is 0.147 e. The SMILES string of the molecule is Cc1cccc2sc3ncc(-c4nc5ccccc5n4-c4ccccc4)cc3c12. The van der Waals surface area contributed by atoms with E-state index in [0.717, 1.165) is 32.9 Å². The minimum Gasteiger partial charge on any atom is -0.292 e. The second-order valence-electron chi connectivity index (χ2n) is 7.22. The molecule has 3 heterocycles. The molecule has 4 heteroatoms. The van der Waals surface area contributed by atoms with Crippen molar-refractivity contribution in [2.75, 3.05) is 0 Å². The van der Waals surface area contributed by atoms with E-state index < -0.39 is 0 Å². The van der Waals surface area contributed by atoms with E-state index in [1.807, 2.05) is 18.3 Å². The Labute approximate surface area is 171 Å². The molecular weight excluding hydrogens is 374 g/mol. The van der Waals surface area contributed by atoms with E-state index in [0.29, 0.717) is 0 Å². The van der Waals surface area contributed by atoms with Gasteiger partial charge >= 0.3 is 0 Å². The summed E-state index contributed by atoms with van der Waals surface area (Å²) in [5.74, 6) is 0.916. The van der Waals surface area contributed by atoms with E-state index in [1.54, 1.807) is 11.3 Å². The molecule has 0 aliphatic heterocycles. The van der Waals surface area contributed by atoms with Gasteiger partial charge in [-0.2, -0.15) is 0 Å². The van der Waals surface area contributed by atoms with Crippen molar-refractivity contribution < 1.29 is 0 Å². The Kier molecular flexibility index (Phi) is 3.55. The molecule has 0 aliphatic carbocycles. The Bertz CT molecular complexity index is 1510. The molecule has 3 aromatic heterocycles. The monoisotopic (exact) mass is 391 g/mol. The summed E-state index contributed by atoms with van der Waals surface area (Å²) < 4.78 is 3.50. The molecule has 6 aromatic rings. The molecule has 29 heavy (non-hydrogen) atoms. The van der Waals surface area contributed by atoms with Crippen molar-refractivity contribution in [1.29, 1.82) is 0 Å². The number of benzene rings is 3. The highest BCUT2D eigenvalue weighted by Crippen LogP contribution is 2.37. The molecule has 0 fully saturated rings. The minimum atomic E-state index is 0.916. The Hall–Kier alpha value is -3.50. The number of imidazole rings is 1. The third-order valence-electron chi connectivity index (χ3n) is 5.40. The fourth-order valence-corrected chi connectivity index (χ4v) is 5.17. The fourth-order valence-electron chi connectivity index (χ4n) is 4.07. The summed E-state index contributed by atoms with van der Waals surface area (Å²) in [5.41, 5.74) is 5.49.